The van der Waals surface area contributed by atoms with Crippen LogP contribution in [0.3, 0.4) is 0 Å². The number of piperidine rings is 1. The zero-order valence-corrected chi connectivity index (χ0v) is 22.0. The second-order valence-electron chi connectivity index (χ2n) is 10.1. The maximum Gasteiger partial charge on any atom is 0.266 e. The number of thiophene rings is 1. The minimum Gasteiger partial charge on any atom is -0.397 e. The molecule has 6 nitrogen and oxygen atoms in total. The van der Waals surface area contributed by atoms with Crippen molar-refractivity contribution in [2.45, 2.75) is 39.0 Å². The quantitative estimate of drug-likeness (QED) is 0.332. The average molecular weight is 510 g/mol. The van der Waals surface area contributed by atoms with Crippen LogP contribution < -0.4 is 11.5 Å². The van der Waals surface area contributed by atoms with Gasteiger partial charge in [0.1, 0.15) is 27.2 Å². The minimum absolute atomic E-state index is 0.0724. The smallest absolute Gasteiger partial charge is 0.266 e. The van der Waals surface area contributed by atoms with Gasteiger partial charge in [0.05, 0.1) is 5.69 Å². The second-order valence-corrected chi connectivity index (χ2v) is 11.1. The number of nitrogen functional groups attached to an aromatic ring is 2. The van der Waals surface area contributed by atoms with Crippen molar-refractivity contribution in [1.29, 1.82) is 5.26 Å². The first-order chi connectivity index (χ1) is 17.9. The van der Waals surface area contributed by atoms with E-state index in [1.54, 1.807) is 0 Å². The number of aromatic nitrogens is 1. The summed E-state index contributed by atoms with van der Waals surface area (Å²) in [7, 11) is 0. The fourth-order valence-electron chi connectivity index (χ4n) is 5.20. The molecule has 7 heteroatoms. The molecule has 4 N–H and O–H groups in total. The molecule has 2 aromatic heterocycles. The first kappa shape index (κ1) is 24.8. The van der Waals surface area contributed by atoms with Crippen LogP contribution in [0.15, 0.2) is 54.6 Å². The Morgan fingerprint density at radius 1 is 1.11 bits per heavy atom. The standard InChI is InChI=1S/C30H31N5OS/c1-18(2)21-8-10-22(11-9-21)24-23(17-31)28(33)34-29-25(24)26(32)27(37-29)30(36)35-14-12-20(13-15-35)16-19-6-4-3-5-7-19/h3-11,18,20H,12-16,32H2,1-2H3,(H2,33,34). The van der Waals surface area contributed by atoms with Crippen LogP contribution in [-0.2, 0) is 6.42 Å². The third-order valence-corrected chi connectivity index (χ3v) is 8.43. The number of likely N-dealkylation sites (tertiary alicyclic amines) is 1. The summed E-state index contributed by atoms with van der Waals surface area (Å²) in [5.41, 5.74) is 17.5. The SMILES string of the molecule is CC(C)c1ccc(-c2c(C#N)c(N)nc3sc(C(=O)N4CCC(Cc5ccccc5)CC4)c(N)c23)cc1. The number of carbonyl (C=O) groups is 1. The molecule has 2 aromatic carbocycles. The van der Waals surface area contributed by atoms with Crippen molar-refractivity contribution < 1.29 is 4.79 Å². The number of nitriles is 1. The highest BCUT2D eigenvalue weighted by Gasteiger charge is 2.29. The fourth-order valence-corrected chi connectivity index (χ4v) is 6.28. The predicted molar refractivity (Wildman–Crippen MR) is 151 cm³/mol. The summed E-state index contributed by atoms with van der Waals surface area (Å²) in [4.78, 5) is 21.0. The van der Waals surface area contributed by atoms with Crippen molar-refractivity contribution >= 4 is 39.0 Å². The van der Waals surface area contributed by atoms with Gasteiger partial charge in [0.15, 0.2) is 0 Å². The number of nitrogens with two attached hydrogens (primary N) is 2. The van der Waals surface area contributed by atoms with E-state index in [0.29, 0.717) is 51.3 Å². The van der Waals surface area contributed by atoms with Gasteiger partial charge in [-0.25, -0.2) is 4.98 Å². The van der Waals surface area contributed by atoms with Gasteiger partial charge >= 0.3 is 0 Å². The van der Waals surface area contributed by atoms with E-state index < -0.39 is 0 Å². The maximum absolute atomic E-state index is 13.6. The van der Waals surface area contributed by atoms with Crippen LogP contribution in [0.2, 0.25) is 0 Å². The summed E-state index contributed by atoms with van der Waals surface area (Å²) in [6.45, 7) is 5.67. The molecule has 0 bridgehead atoms. The molecule has 1 aliphatic heterocycles. The van der Waals surface area contributed by atoms with Gasteiger partial charge in [0, 0.05) is 24.0 Å². The number of amides is 1. The maximum atomic E-state index is 13.6. The molecule has 1 amide bonds. The van der Waals surface area contributed by atoms with Crippen LogP contribution >= 0.6 is 11.3 Å². The molecule has 0 atom stereocenters. The largest absolute Gasteiger partial charge is 0.397 e. The van der Waals surface area contributed by atoms with Crippen molar-refractivity contribution in [1.82, 2.24) is 9.88 Å². The number of hydrogen-bond donors (Lipinski definition) is 2. The molecule has 37 heavy (non-hydrogen) atoms. The first-order valence-corrected chi connectivity index (χ1v) is 13.5. The lowest BCUT2D eigenvalue weighted by Crippen LogP contribution is -2.38. The summed E-state index contributed by atoms with van der Waals surface area (Å²) in [6, 6.07) is 20.8. The summed E-state index contributed by atoms with van der Waals surface area (Å²) in [5, 5.41) is 10.6. The van der Waals surface area contributed by atoms with E-state index in [2.05, 4.69) is 61.3 Å². The Balaban J connectivity index is 1.45. The highest BCUT2D eigenvalue weighted by atomic mass is 32.1. The summed E-state index contributed by atoms with van der Waals surface area (Å²) >= 11 is 1.26. The number of anilines is 2. The molecule has 0 radical (unpaired) electrons. The van der Waals surface area contributed by atoms with E-state index in [-0.39, 0.29) is 17.3 Å². The van der Waals surface area contributed by atoms with Crippen molar-refractivity contribution in [2.24, 2.45) is 5.92 Å². The molecule has 0 spiro atoms. The number of hydrogen-bond acceptors (Lipinski definition) is 6. The monoisotopic (exact) mass is 509 g/mol. The Hall–Kier alpha value is -3.89. The Labute approximate surface area is 221 Å². The van der Waals surface area contributed by atoms with Crippen LogP contribution in [0.4, 0.5) is 11.5 Å². The Bertz CT molecular complexity index is 1480. The van der Waals surface area contributed by atoms with E-state index >= 15 is 0 Å². The molecule has 3 heterocycles. The summed E-state index contributed by atoms with van der Waals surface area (Å²) in [5.74, 6) is 1.03. The van der Waals surface area contributed by atoms with Crippen molar-refractivity contribution in [3.05, 3.63) is 76.2 Å². The highest BCUT2D eigenvalue weighted by molar-refractivity contribution is 7.21. The predicted octanol–water partition coefficient (Wildman–Crippen LogP) is 6.22. The number of rotatable bonds is 5. The molecule has 1 aliphatic rings. The number of pyridine rings is 1. The molecule has 1 saturated heterocycles. The van der Waals surface area contributed by atoms with E-state index in [9.17, 15) is 10.1 Å². The third-order valence-electron chi connectivity index (χ3n) is 7.35. The Kier molecular flexibility index (Phi) is 6.86. The number of nitrogens with zero attached hydrogens (tertiary/aromatic N) is 3. The molecular weight excluding hydrogens is 478 g/mol. The van der Waals surface area contributed by atoms with Gasteiger partial charge in [-0.3, -0.25) is 4.79 Å². The van der Waals surface area contributed by atoms with Gasteiger partial charge in [0.25, 0.3) is 5.91 Å². The summed E-state index contributed by atoms with van der Waals surface area (Å²) < 4.78 is 0. The third kappa shape index (κ3) is 4.77. The molecule has 0 aliphatic carbocycles. The van der Waals surface area contributed by atoms with E-state index in [1.807, 2.05) is 23.1 Å². The summed E-state index contributed by atoms with van der Waals surface area (Å²) in [6.07, 6.45) is 2.96. The molecular formula is C30H31N5OS. The van der Waals surface area contributed by atoms with E-state index in [1.165, 1.54) is 22.5 Å². The van der Waals surface area contributed by atoms with Gasteiger partial charge in [-0.15, -0.1) is 11.3 Å². The Morgan fingerprint density at radius 2 is 1.78 bits per heavy atom. The van der Waals surface area contributed by atoms with Gasteiger partial charge in [-0.2, -0.15) is 5.26 Å². The lowest BCUT2D eigenvalue weighted by Gasteiger charge is -2.32. The van der Waals surface area contributed by atoms with Crippen LogP contribution in [0.25, 0.3) is 21.3 Å². The van der Waals surface area contributed by atoms with Gasteiger partial charge in [-0.1, -0.05) is 68.4 Å². The van der Waals surface area contributed by atoms with E-state index in [4.69, 9.17) is 11.5 Å². The number of carbonyl (C=O) groups excluding carboxylic acids is 1. The number of fused-ring (bicyclic) bond motifs is 1. The first-order valence-electron chi connectivity index (χ1n) is 12.7. The van der Waals surface area contributed by atoms with E-state index in [0.717, 1.165) is 24.8 Å². The molecule has 5 rings (SSSR count). The molecule has 4 aromatic rings. The highest BCUT2D eigenvalue weighted by Crippen LogP contribution is 2.43. The van der Waals surface area contributed by atoms with Crippen molar-refractivity contribution in [2.75, 3.05) is 24.6 Å². The zero-order chi connectivity index (χ0) is 26.1. The van der Waals surface area contributed by atoms with Gasteiger partial charge in [-0.05, 0) is 47.8 Å². The Morgan fingerprint density at radius 3 is 2.41 bits per heavy atom. The van der Waals surface area contributed by atoms with Crippen molar-refractivity contribution in [3.63, 3.8) is 0 Å². The lowest BCUT2D eigenvalue weighted by molar-refractivity contribution is 0.0696. The van der Waals surface area contributed by atoms with Crippen molar-refractivity contribution in [3.8, 4) is 17.2 Å². The number of benzene rings is 2. The van der Waals surface area contributed by atoms with Crippen LogP contribution in [0.5, 0.6) is 0 Å². The molecule has 188 valence electrons. The minimum atomic E-state index is -0.0724. The second kappa shape index (κ2) is 10.2. The molecule has 0 saturated carbocycles. The van der Waals surface area contributed by atoms with Gasteiger partial charge < -0.3 is 16.4 Å². The molecule has 1 fully saturated rings. The van der Waals surface area contributed by atoms with Crippen LogP contribution in [0, 0.1) is 17.2 Å². The fraction of sp³-hybridized carbons (Fsp3) is 0.300. The topological polar surface area (TPSA) is 109 Å². The van der Waals surface area contributed by atoms with Gasteiger partial charge in [0.2, 0.25) is 0 Å². The normalized spacial score (nSPS) is 14.3. The zero-order valence-electron chi connectivity index (χ0n) is 21.2. The van der Waals surface area contributed by atoms with Crippen LogP contribution in [-0.4, -0.2) is 28.9 Å². The lowest BCUT2D eigenvalue weighted by atomic mass is 9.90. The average Bonchev–Trinajstić information content (AvgIpc) is 3.24. The van der Waals surface area contributed by atoms with Crippen LogP contribution in [0.1, 0.15) is 59.0 Å². The molecule has 0 unspecified atom stereocenters.